The van der Waals surface area contributed by atoms with Crippen molar-refractivity contribution in [3.8, 4) is 0 Å². The number of hydrogen-bond acceptors (Lipinski definition) is 5. The molecule has 0 saturated carbocycles. The van der Waals surface area contributed by atoms with E-state index in [1.165, 1.54) is 16.8 Å². The first-order valence-corrected chi connectivity index (χ1v) is 4.90. The lowest BCUT2D eigenvalue weighted by atomic mass is 10.1. The van der Waals surface area contributed by atoms with Crippen LogP contribution in [0, 0.1) is 0 Å². The smallest absolute Gasteiger partial charge is 0.351 e. The van der Waals surface area contributed by atoms with E-state index in [4.69, 9.17) is 15.6 Å². The molecular weight excluding hydrogens is 210 g/mol. The number of hydrogen-bond donors (Lipinski definition) is 2. The Kier molecular flexibility index (Phi) is 2.76. The summed E-state index contributed by atoms with van der Waals surface area (Å²) in [5.41, 5.74) is 5.70. The van der Waals surface area contributed by atoms with E-state index < -0.39 is 18.0 Å². The lowest BCUT2D eigenvalue weighted by Crippen LogP contribution is -2.27. The van der Waals surface area contributed by atoms with Gasteiger partial charge in [0, 0.05) is 12.6 Å². The molecule has 0 amide bonds. The normalized spacial score (nSPS) is 24.9. The second kappa shape index (κ2) is 4.07. The number of anilines is 1. The molecule has 0 bridgehead atoms. The molecule has 0 aliphatic carbocycles. The summed E-state index contributed by atoms with van der Waals surface area (Å²) in [7, 11) is 0. The van der Waals surface area contributed by atoms with Gasteiger partial charge in [0.15, 0.2) is 0 Å². The zero-order chi connectivity index (χ0) is 11.7. The van der Waals surface area contributed by atoms with Crippen molar-refractivity contribution in [3.63, 3.8) is 0 Å². The summed E-state index contributed by atoms with van der Waals surface area (Å²) in [5, 5.41) is 9.01. The van der Waals surface area contributed by atoms with Crippen molar-refractivity contribution >= 4 is 5.82 Å². The van der Waals surface area contributed by atoms with Crippen molar-refractivity contribution < 1.29 is 9.84 Å². The average Bonchev–Trinajstić information content (AvgIpc) is 2.59. The molecule has 6 heteroatoms. The number of ether oxygens (including phenoxy) is 1. The summed E-state index contributed by atoms with van der Waals surface area (Å²) in [6.45, 7) is 3.65. The van der Waals surface area contributed by atoms with Crippen LogP contribution in [0.3, 0.4) is 0 Å². The monoisotopic (exact) mass is 223 g/mol. The molecule has 2 rings (SSSR count). The van der Waals surface area contributed by atoms with Gasteiger partial charge in [0.05, 0.1) is 6.61 Å². The van der Waals surface area contributed by atoms with E-state index in [2.05, 4.69) is 11.6 Å². The summed E-state index contributed by atoms with van der Waals surface area (Å²) < 4.78 is 6.81. The number of aromatic nitrogens is 2. The maximum Gasteiger partial charge on any atom is 0.351 e. The van der Waals surface area contributed by atoms with Gasteiger partial charge in [-0.15, -0.1) is 0 Å². The van der Waals surface area contributed by atoms with Crippen molar-refractivity contribution in [1.29, 1.82) is 0 Å². The van der Waals surface area contributed by atoms with Crippen LogP contribution in [0.2, 0.25) is 0 Å². The van der Waals surface area contributed by atoms with E-state index >= 15 is 0 Å². The van der Waals surface area contributed by atoms with Gasteiger partial charge >= 0.3 is 5.69 Å². The van der Waals surface area contributed by atoms with Crippen LogP contribution < -0.4 is 11.4 Å². The van der Waals surface area contributed by atoms with E-state index in [-0.39, 0.29) is 12.4 Å². The third-order valence-electron chi connectivity index (χ3n) is 2.54. The lowest BCUT2D eigenvalue weighted by molar-refractivity contribution is -0.0187. The molecule has 16 heavy (non-hydrogen) atoms. The van der Waals surface area contributed by atoms with E-state index in [1.807, 2.05) is 0 Å². The average molecular weight is 223 g/mol. The van der Waals surface area contributed by atoms with Crippen LogP contribution in [0.4, 0.5) is 5.82 Å². The quantitative estimate of drug-likeness (QED) is 0.669. The maximum absolute atomic E-state index is 11.5. The van der Waals surface area contributed by atoms with Gasteiger partial charge in [-0.2, -0.15) is 4.98 Å². The fourth-order valence-corrected chi connectivity index (χ4v) is 1.67. The minimum Gasteiger partial charge on any atom is -0.393 e. The molecule has 2 atom stereocenters. The van der Waals surface area contributed by atoms with E-state index in [1.54, 1.807) is 0 Å². The summed E-state index contributed by atoms with van der Waals surface area (Å²) in [6, 6.07) is 1.53. The van der Waals surface area contributed by atoms with Gasteiger partial charge in [0.25, 0.3) is 0 Å². The van der Waals surface area contributed by atoms with Crippen LogP contribution in [0.15, 0.2) is 29.2 Å². The zero-order valence-electron chi connectivity index (χ0n) is 8.67. The van der Waals surface area contributed by atoms with Gasteiger partial charge in [-0.25, -0.2) is 4.79 Å². The van der Waals surface area contributed by atoms with Gasteiger partial charge in [-0.3, -0.25) is 4.57 Å². The van der Waals surface area contributed by atoms with Crippen molar-refractivity contribution in [3.05, 3.63) is 34.9 Å². The molecule has 0 aromatic carbocycles. The fraction of sp³-hybridized carbons (Fsp3) is 0.400. The third-order valence-corrected chi connectivity index (χ3v) is 2.54. The molecule has 1 saturated heterocycles. The number of aliphatic hydroxyl groups is 1. The molecule has 2 unspecified atom stereocenters. The second-order valence-electron chi connectivity index (χ2n) is 3.67. The molecule has 3 N–H and O–H groups in total. The highest BCUT2D eigenvalue weighted by atomic mass is 16.5. The first kappa shape index (κ1) is 10.8. The number of rotatable bonds is 2. The minimum atomic E-state index is -0.462. The number of aliphatic hydroxyl groups excluding tert-OH is 1. The number of nitrogen functional groups attached to an aromatic ring is 1. The Hall–Kier alpha value is -1.66. The summed E-state index contributed by atoms with van der Waals surface area (Å²) >= 11 is 0. The summed E-state index contributed by atoms with van der Waals surface area (Å²) in [5.74, 6) is 0.178. The highest BCUT2D eigenvalue weighted by molar-refractivity contribution is 5.23. The highest BCUT2D eigenvalue weighted by Crippen LogP contribution is 2.30. The van der Waals surface area contributed by atoms with Crippen LogP contribution in [0.1, 0.15) is 12.6 Å². The Morgan fingerprint density at radius 1 is 1.75 bits per heavy atom. The second-order valence-corrected chi connectivity index (χ2v) is 3.67. The van der Waals surface area contributed by atoms with E-state index in [0.29, 0.717) is 6.42 Å². The molecular formula is C10H13N3O3. The number of nitrogens with two attached hydrogens (primary N) is 1. The minimum absolute atomic E-state index is 0.132. The van der Waals surface area contributed by atoms with Crippen LogP contribution in [0.5, 0.6) is 0 Å². The fourth-order valence-electron chi connectivity index (χ4n) is 1.67. The van der Waals surface area contributed by atoms with Crippen LogP contribution in [0.25, 0.3) is 0 Å². The molecule has 1 aliphatic rings. The van der Waals surface area contributed by atoms with Gasteiger partial charge in [0.2, 0.25) is 0 Å². The molecule has 86 valence electrons. The van der Waals surface area contributed by atoms with E-state index in [0.717, 1.165) is 5.57 Å². The lowest BCUT2D eigenvalue weighted by Gasteiger charge is -2.13. The molecule has 1 aliphatic heterocycles. The maximum atomic E-state index is 11.5. The van der Waals surface area contributed by atoms with Crippen molar-refractivity contribution in [2.75, 3.05) is 12.3 Å². The first-order chi connectivity index (χ1) is 7.61. The van der Waals surface area contributed by atoms with Crippen molar-refractivity contribution in [1.82, 2.24) is 9.55 Å². The molecule has 1 aromatic heterocycles. The molecule has 1 aromatic rings. The Morgan fingerprint density at radius 3 is 3.06 bits per heavy atom. The SMILES string of the molecule is C=C1CC(n2ccc(N)nc2=O)OC1CO. The Labute approximate surface area is 92.0 Å². The third kappa shape index (κ3) is 1.84. The standard InChI is InChI=1S/C10H13N3O3/c1-6-4-9(16-7(6)5-14)13-3-2-8(11)12-10(13)15/h2-3,7,9,14H,1,4-5H2,(H2,11,12,15). The summed E-state index contributed by atoms with van der Waals surface area (Å²) in [4.78, 5) is 15.1. The Balaban J connectivity index is 2.27. The largest absolute Gasteiger partial charge is 0.393 e. The molecule has 1 fully saturated rings. The molecule has 0 radical (unpaired) electrons. The summed E-state index contributed by atoms with van der Waals surface area (Å²) in [6.07, 6.45) is 1.17. The predicted octanol–water partition coefficient (Wildman–Crippen LogP) is -0.339. The topological polar surface area (TPSA) is 90.4 Å². The first-order valence-electron chi connectivity index (χ1n) is 4.90. The van der Waals surface area contributed by atoms with E-state index in [9.17, 15) is 4.79 Å². The molecule has 2 heterocycles. The highest BCUT2D eigenvalue weighted by Gasteiger charge is 2.29. The van der Waals surface area contributed by atoms with Crippen LogP contribution in [-0.4, -0.2) is 27.4 Å². The van der Waals surface area contributed by atoms with Gasteiger partial charge in [-0.1, -0.05) is 6.58 Å². The van der Waals surface area contributed by atoms with Crippen LogP contribution >= 0.6 is 0 Å². The van der Waals surface area contributed by atoms with Crippen molar-refractivity contribution in [2.45, 2.75) is 18.8 Å². The van der Waals surface area contributed by atoms with Crippen LogP contribution in [-0.2, 0) is 4.74 Å². The number of nitrogens with zero attached hydrogens (tertiary/aromatic N) is 2. The molecule has 6 nitrogen and oxygen atoms in total. The van der Waals surface area contributed by atoms with Crippen molar-refractivity contribution in [2.24, 2.45) is 0 Å². The molecule has 0 spiro atoms. The zero-order valence-corrected chi connectivity index (χ0v) is 8.67. The van der Waals surface area contributed by atoms with Gasteiger partial charge < -0.3 is 15.6 Å². The van der Waals surface area contributed by atoms with Gasteiger partial charge in [-0.05, 0) is 11.6 Å². The van der Waals surface area contributed by atoms with Gasteiger partial charge in [0.1, 0.15) is 18.1 Å². The predicted molar refractivity (Wildman–Crippen MR) is 57.7 cm³/mol. The Bertz CT molecular complexity index is 469. The Morgan fingerprint density at radius 2 is 2.50 bits per heavy atom.